The third-order valence-corrected chi connectivity index (χ3v) is 2.40. The predicted molar refractivity (Wildman–Crippen MR) is 52.6 cm³/mol. The number of carbonyl (C=O) groups is 1. The van der Waals surface area contributed by atoms with Crippen molar-refractivity contribution in [1.82, 2.24) is 0 Å². The van der Waals surface area contributed by atoms with Crippen molar-refractivity contribution in [2.45, 2.75) is 12.6 Å². The van der Waals surface area contributed by atoms with E-state index in [0.29, 0.717) is 0 Å². The summed E-state index contributed by atoms with van der Waals surface area (Å²) in [5, 5.41) is 8.92. The predicted octanol–water partition coefficient (Wildman–Crippen LogP) is 3.26. The lowest BCUT2D eigenvalue weighted by Gasteiger charge is -2.16. The Balaban J connectivity index is 3.31. The second-order valence-electron chi connectivity index (χ2n) is 2.93. The number of benzene rings is 1. The zero-order valence-electron chi connectivity index (χ0n) is 7.22. The highest BCUT2D eigenvalue weighted by atomic mass is 35.5. The molecule has 0 aliphatic carbocycles. The molecule has 2 nitrogen and oxygen atoms in total. The Morgan fingerprint density at radius 3 is 2.57 bits per heavy atom. The van der Waals surface area contributed by atoms with Gasteiger partial charge in [-0.1, -0.05) is 23.2 Å². The minimum atomic E-state index is -2.53. The van der Waals surface area contributed by atoms with Gasteiger partial charge in [0.15, 0.2) is 0 Å². The van der Waals surface area contributed by atoms with E-state index in [1.165, 1.54) is 18.2 Å². The van der Waals surface area contributed by atoms with Crippen LogP contribution in [-0.2, 0) is 10.5 Å². The van der Waals surface area contributed by atoms with Gasteiger partial charge in [0.2, 0.25) is 5.67 Å². The number of alkyl halides is 1. The molecule has 0 spiro atoms. The fourth-order valence-electron chi connectivity index (χ4n) is 0.972. The van der Waals surface area contributed by atoms with Crippen molar-refractivity contribution < 1.29 is 14.3 Å². The fourth-order valence-corrected chi connectivity index (χ4v) is 1.44. The van der Waals surface area contributed by atoms with Crippen LogP contribution in [0.3, 0.4) is 0 Å². The van der Waals surface area contributed by atoms with Gasteiger partial charge < -0.3 is 5.11 Å². The van der Waals surface area contributed by atoms with E-state index in [4.69, 9.17) is 28.3 Å². The summed E-state index contributed by atoms with van der Waals surface area (Å²) in [6.45, 7) is 0.923. The summed E-state index contributed by atoms with van der Waals surface area (Å²) in [5.74, 6) is -1.60. The van der Waals surface area contributed by atoms with E-state index in [2.05, 4.69) is 0 Å². The standard InChI is InChI=1S/C9H7Cl2FO2/c1-9(12,8(13)14)6-4-5(10)2-3-7(6)11/h2-4H,1H3,(H,13,14). The van der Waals surface area contributed by atoms with E-state index in [-0.39, 0.29) is 15.6 Å². The molecule has 1 aromatic rings. The second-order valence-corrected chi connectivity index (χ2v) is 3.78. The zero-order chi connectivity index (χ0) is 10.9. The number of carboxylic acid groups (broad SMARTS) is 1. The van der Waals surface area contributed by atoms with Crippen LogP contribution >= 0.6 is 23.2 Å². The van der Waals surface area contributed by atoms with E-state index < -0.39 is 11.6 Å². The van der Waals surface area contributed by atoms with Gasteiger partial charge in [0.25, 0.3) is 0 Å². The van der Waals surface area contributed by atoms with Crippen LogP contribution in [0.1, 0.15) is 12.5 Å². The lowest BCUT2D eigenvalue weighted by atomic mass is 9.98. The molecule has 1 N–H and O–H groups in total. The lowest BCUT2D eigenvalue weighted by Crippen LogP contribution is -2.27. The quantitative estimate of drug-likeness (QED) is 0.856. The zero-order valence-corrected chi connectivity index (χ0v) is 8.73. The average Bonchev–Trinajstić information content (AvgIpc) is 2.08. The maximum Gasteiger partial charge on any atom is 0.345 e. The number of halogens is 3. The summed E-state index contributed by atoms with van der Waals surface area (Å²) in [7, 11) is 0. The average molecular weight is 237 g/mol. The maximum atomic E-state index is 13.6. The molecule has 1 unspecified atom stereocenters. The summed E-state index contributed by atoms with van der Waals surface area (Å²) >= 11 is 11.3. The van der Waals surface area contributed by atoms with E-state index in [0.717, 1.165) is 6.92 Å². The van der Waals surface area contributed by atoms with E-state index in [1.807, 2.05) is 0 Å². The van der Waals surface area contributed by atoms with Gasteiger partial charge in [-0.15, -0.1) is 0 Å². The van der Waals surface area contributed by atoms with Crippen molar-refractivity contribution >= 4 is 29.2 Å². The SMILES string of the molecule is CC(F)(C(=O)O)c1cc(Cl)ccc1Cl. The largest absolute Gasteiger partial charge is 0.479 e. The number of rotatable bonds is 2. The normalized spacial score (nSPS) is 14.9. The molecule has 0 heterocycles. The monoisotopic (exact) mass is 236 g/mol. The molecule has 0 aliphatic heterocycles. The van der Waals surface area contributed by atoms with Crippen LogP contribution in [0.25, 0.3) is 0 Å². The minimum Gasteiger partial charge on any atom is -0.479 e. The third kappa shape index (κ3) is 1.99. The molecule has 0 saturated carbocycles. The molecule has 0 radical (unpaired) electrons. The highest BCUT2D eigenvalue weighted by molar-refractivity contribution is 6.33. The van der Waals surface area contributed by atoms with Crippen LogP contribution in [0.5, 0.6) is 0 Å². The molecule has 0 aromatic heterocycles. The summed E-state index contributed by atoms with van der Waals surface area (Å²) in [6.07, 6.45) is 0. The fraction of sp³-hybridized carbons (Fsp3) is 0.222. The van der Waals surface area contributed by atoms with Crippen LogP contribution in [0.15, 0.2) is 18.2 Å². The molecular weight excluding hydrogens is 230 g/mol. The molecule has 0 amide bonds. The first-order valence-electron chi connectivity index (χ1n) is 3.73. The number of hydrogen-bond donors (Lipinski definition) is 1. The van der Waals surface area contributed by atoms with Crippen LogP contribution in [0, 0.1) is 0 Å². The number of carboxylic acids is 1. The molecule has 1 atom stereocenters. The summed E-state index contributed by atoms with van der Waals surface area (Å²) in [4.78, 5) is 10.6. The molecule has 1 rings (SSSR count). The highest BCUT2D eigenvalue weighted by Crippen LogP contribution is 2.33. The van der Waals surface area contributed by atoms with Crippen molar-refractivity contribution in [3.05, 3.63) is 33.8 Å². The van der Waals surface area contributed by atoms with Crippen molar-refractivity contribution in [3.63, 3.8) is 0 Å². The third-order valence-electron chi connectivity index (χ3n) is 1.84. The first kappa shape index (κ1) is 11.3. The Kier molecular flexibility index (Phi) is 3.02. The summed E-state index contributed by atoms with van der Waals surface area (Å²) in [5.41, 5.74) is -2.67. The van der Waals surface area contributed by atoms with Crippen molar-refractivity contribution in [2.24, 2.45) is 0 Å². The van der Waals surface area contributed by atoms with E-state index in [1.54, 1.807) is 0 Å². The van der Waals surface area contributed by atoms with Crippen molar-refractivity contribution in [1.29, 1.82) is 0 Å². The lowest BCUT2D eigenvalue weighted by molar-refractivity contribution is -0.150. The molecule has 76 valence electrons. The Labute approximate surface area is 90.3 Å². The van der Waals surface area contributed by atoms with Crippen LogP contribution in [0.2, 0.25) is 10.0 Å². The molecule has 14 heavy (non-hydrogen) atoms. The molecule has 0 saturated heterocycles. The van der Waals surface area contributed by atoms with Gasteiger partial charge >= 0.3 is 5.97 Å². The Bertz CT molecular complexity index is 377. The van der Waals surface area contributed by atoms with Gasteiger partial charge in [-0.05, 0) is 25.1 Å². The van der Waals surface area contributed by atoms with Gasteiger partial charge in [0.1, 0.15) is 0 Å². The molecular formula is C9H7Cl2FO2. The van der Waals surface area contributed by atoms with Gasteiger partial charge in [0.05, 0.1) is 0 Å². The molecule has 1 aromatic carbocycles. The van der Waals surface area contributed by atoms with Crippen LogP contribution in [-0.4, -0.2) is 11.1 Å². The van der Waals surface area contributed by atoms with Crippen molar-refractivity contribution in [3.8, 4) is 0 Å². The van der Waals surface area contributed by atoms with Gasteiger partial charge in [-0.3, -0.25) is 0 Å². The maximum absolute atomic E-state index is 13.6. The van der Waals surface area contributed by atoms with Crippen LogP contribution < -0.4 is 0 Å². The smallest absolute Gasteiger partial charge is 0.345 e. The Hall–Kier alpha value is -0.800. The van der Waals surface area contributed by atoms with Gasteiger partial charge in [-0.2, -0.15) is 0 Å². The first-order chi connectivity index (χ1) is 6.35. The Morgan fingerprint density at radius 2 is 2.07 bits per heavy atom. The summed E-state index contributed by atoms with van der Waals surface area (Å²) in [6, 6.07) is 4.03. The summed E-state index contributed by atoms with van der Waals surface area (Å²) < 4.78 is 13.6. The molecule has 0 bridgehead atoms. The minimum absolute atomic E-state index is 0.0433. The topological polar surface area (TPSA) is 37.3 Å². The van der Waals surface area contributed by atoms with Crippen LogP contribution in [0.4, 0.5) is 4.39 Å². The van der Waals surface area contributed by atoms with E-state index in [9.17, 15) is 9.18 Å². The highest BCUT2D eigenvalue weighted by Gasteiger charge is 2.37. The molecule has 0 fully saturated rings. The Morgan fingerprint density at radius 1 is 1.50 bits per heavy atom. The van der Waals surface area contributed by atoms with E-state index >= 15 is 0 Å². The second kappa shape index (κ2) is 3.75. The number of aliphatic carboxylic acids is 1. The number of hydrogen-bond acceptors (Lipinski definition) is 1. The van der Waals surface area contributed by atoms with Crippen molar-refractivity contribution in [2.75, 3.05) is 0 Å². The first-order valence-corrected chi connectivity index (χ1v) is 4.49. The molecule has 5 heteroatoms. The molecule has 0 aliphatic rings. The van der Waals surface area contributed by atoms with Gasteiger partial charge in [-0.25, -0.2) is 9.18 Å². The van der Waals surface area contributed by atoms with Gasteiger partial charge in [0, 0.05) is 15.6 Å².